The van der Waals surface area contributed by atoms with Gasteiger partial charge in [0.1, 0.15) is 0 Å². The van der Waals surface area contributed by atoms with E-state index in [9.17, 15) is 4.79 Å². The Hall–Kier alpha value is -0.900. The molecule has 1 aromatic heterocycles. The van der Waals surface area contributed by atoms with Crippen LogP contribution >= 0.6 is 11.3 Å². The van der Waals surface area contributed by atoms with Crippen molar-refractivity contribution in [1.82, 2.24) is 10.3 Å². The van der Waals surface area contributed by atoms with Gasteiger partial charge in [0, 0.05) is 10.9 Å². The zero-order valence-corrected chi connectivity index (χ0v) is 11.4. The monoisotopic (exact) mass is 252 g/mol. The number of rotatable bonds is 2. The lowest BCUT2D eigenvalue weighted by atomic mass is 10.1. The SMILES string of the molecule is Cc1nc(C(=O)NC2CCCCCC2)sc1C. The third-order valence-corrected chi connectivity index (χ3v) is 4.48. The highest BCUT2D eigenvalue weighted by Gasteiger charge is 2.18. The van der Waals surface area contributed by atoms with Crippen LogP contribution in [0, 0.1) is 13.8 Å². The van der Waals surface area contributed by atoms with Gasteiger partial charge in [-0.05, 0) is 26.7 Å². The fraction of sp³-hybridized carbons (Fsp3) is 0.692. The Kier molecular flexibility index (Phi) is 4.15. The summed E-state index contributed by atoms with van der Waals surface area (Å²) in [5.74, 6) is 0.0121. The molecule has 1 amide bonds. The predicted molar refractivity (Wildman–Crippen MR) is 70.5 cm³/mol. The van der Waals surface area contributed by atoms with Crippen LogP contribution in [0.3, 0.4) is 0 Å². The molecule has 0 aliphatic heterocycles. The minimum atomic E-state index is 0.0121. The summed E-state index contributed by atoms with van der Waals surface area (Å²) in [4.78, 5) is 17.5. The first-order chi connectivity index (χ1) is 8.16. The van der Waals surface area contributed by atoms with Crippen LogP contribution in [-0.2, 0) is 0 Å². The van der Waals surface area contributed by atoms with Crippen molar-refractivity contribution in [3.63, 3.8) is 0 Å². The molecule has 0 atom stereocenters. The number of amides is 1. The van der Waals surface area contributed by atoms with Crippen LogP contribution in [0.2, 0.25) is 0 Å². The van der Waals surface area contributed by atoms with Gasteiger partial charge in [0.25, 0.3) is 5.91 Å². The van der Waals surface area contributed by atoms with Gasteiger partial charge in [-0.15, -0.1) is 11.3 Å². The Labute approximate surface area is 107 Å². The second kappa shape index (κ2) is 5.63. The molecular weight excluding hydrogens is 232 g/mol. The van der Waals surface area contributed by atoms with Crippen LogP contribution in [-0.4, -0.2) is 16.9 Å². The molecule has 0 unspecified atom stereocenters. The largest absolute Gasteiger partial charge is 0.347 e. The first-order valence-electron chi connectivity index (χ1n) is 6.41. The average Bonchev–Trinajstić information content (AvgIpc) is 2.54. The van der Waals surface area contributed by atoms with Crippen molar-refractivity contribution in [3.8, 4) is 0 Å². The number of hydrogen-bond donors (Lipinski definition) is 1. The zero-order valence-electron chi connectivity index (χ0n) is 10.6. The molecule has 0 bridgehead atoms. The predicted octanol–water partition coefficient (Wildman–Crippen LogP) is 3.21. The summed E-state index contributed by atoms with van der Waals surface area (Å²) < 4.78 is 0. The fourth-order valence-corrected chi connectivity index (χ4v) is 3.06. The second-order valence-electron chi connectivity index (χ2n) is 4.82. The molecule has 1 heterocycles. The van der Waals surface area contributed by atoms with Crippen molar-refractivity contribution >= 4 is 17.2 Å². The van der Waals surface area contributed by atoms with Crippen molar-refractivity contribution < 1.29 is 4.79 Å². The van der Waals surface area contributed by atoms with Crippen LogP contribution in [0.5, 0.6) is 0 Å². The van der Waals surface area contributed by atoms with Crippen molar-refractivity contribution in [1.29, 1.82) is 0 Å². The highest BCUT2D eigenvalue weighted by molar-refractivity contribution is 7.13. The Morgan fingerprint density at radius 1 is 1.24 bits per heavy atom. The van der Waals surface area contributed by atoms with Gasteiger partial charge in [-0.1, -0.05) is 25.7 Å². The van der Waals surface area contributed by atoms with Crippen LogP contribution in [0.25, 0.3) is 0 Å². The van der Waals surface area contributed by atoms with E-state index >= 15 is 0 Å². The quantitative estimate of drug-likeness (QED) is 0.821. The van der Waals surface area contributed by atoms with Gasteiger partial charge in [-0.25, -0.2) is 4.98 Å². The van der Waals surface area contributed by atoms with Crippen LogP contribution in [0.1, 0.15) is 58.9 Å². The lowest BCUT2D eigenvalue weighted by Crippen LogP contribution is -2.34. The van der Waals surface area contributed by atoms with E-state index in [2.05, 4.69) is 10.3 Å². The summed E-state index contributed by atoms with van der Waals surface area (Å²) in [5, 5.41) is 3.74. The fourth-order valence-electron chi connectivity index (χ4n) is 2.24. The van der Waals surface area contributed by atoms with Crippen LogP contribution in [0.15, 0.2) is 0 Å². The molecule has 17 heavy (non-hydrogen) atoms. The summed E-state index contributed by atoms with van der Waals surface area (Å²) in [5.41, 5.74) is 0.973. The number of nitrogens with one attached hydrogen (secondary N) is 1. The van der Waals surface area contributed by atoms with Crippen molar-refractivity contribution in [3.05, 3.63) is 15.6 Å². The van der Waals surface area contributed by atoms with Crippen molar-refractivity contribution in [2.45, 2.75) is 58.4 Å². The molecule has 3 nitrogen and oxygen atoms in total. The number of aryl methyl sites for hydroxylation is 2. The molecule has 1 aliphatic rings. The number of nitrogens with zero attached hydrogens (tertiary/aromatic N) is 1. The lowest BCUT2D eigenvalue weighted by molar-refractivity contribution is 0.0933. The maximum absolute atomic E-state index is 12.0. The molecule has 0 aromatic carbocycles. The first kappa shape index (κ1) is 12.6. The van der Waals surface area contributed by atoms with E-state index in [0.29, 0.717) is 11.0 Å². The highest BCUT2D eigenvalue weighted by atomic mass is 32.1. The van der Waals surface area contributed by atoms with E-state index in [1.807, 2.05) is 13.8 Å². The van der Waals surface area contributed by atoms with Gasteiger partial charge in [0.05, 0.1) is 5.69 Å². The number of hydrogen-bond acceptors (Lipinski definition) is 3. The summed E-state index contributed by atoms with van der Waals surface area (Å²) in [7, 11) is 0. The number of carbonyl (C=O) groups is 1. The summed E-state index contributed by atoms with van der Waals surface area (Å²) in [6.45, 7) is 3.96. The van der Waals surface area contributed by atoms with Crippen molar-refractivity contribution in [2.75, 3.05) is 0 Å². The van der Waals surface area contributed by atoms with Crippen LogP contribution in [0.4, 0.5) is 0 Å². The minimum absolute atomic E-state index is 0.0121. The number of thiazole rings is 1. The van der Waals surface area contributed by atoms with Gasteiger partial charge in [-0.2, -0.15) is 0 Å². The molecule has 0 radical (unpaired) electrons. The standard InChI is InChI=1S/C13H20N2OS/c1-9-10(2)17-13(14-9)12(16)15-11-7-5-3-4-6-8-11/h11H,3-8H2,1-2H3,(H,15,16). The van der Waals surface area contributed by atoms with Crippen molar-refractivity contribution in [2.24, 2.45) is 0 Å². The normalized spacial score (nSPS) is 17.8. The maximum atomic E-state index is 12.0. The maximum Gasteiger partial charge on any atom is 0.280 e. The number of aromatic nitrogens is 1. The molecule has 1 saturated carbocycles. The lowest BCUT2D eigenvalue weighted by Gasteiger charge is -2.14. The zero-order chi connectivity index (χ0) is 12.3. The topological polar surface area (TPSA) is 42.0 Å². The van der Waals surface area contributed by atoms with E-state index in [-0.39, 0.29) is 5.91 Å². The molecular formula is C13H20N2OS. The Morgan fingerprint density at radius 3 is 2.41 bits per heavy atom. The van der Waals surface area contributed by atoms with Crippen LogP contribution < -0.4 is 5.32 Å². The van der Waals surface area contributed by atoms with Gasteiger partial charge >= 0.3 is 0 Å². The molecule has 1 aromatic rings. The van der Waals surface area contributed by atoms with Gasteiger partial charge in [0.2, 0.25) is 0 Å². The van der Waals surface area contributed by atoms with Gasteiger partial charge in [0.15, 0.2) is 5.01 Å². The smallest absolute Gasteiger partial charge is 0.280 e. The van der Waals surface area contributed by atoms with Gasteiger partial charge in [-0.3, -0.25) is 4.79 Å². The Morgan fingerprint density at radius 2 is 1.88 bits per heavy atom. The number of carbonyl (C=O) groups excluding carboxylic acids is 1. The summed E-state index contributed by atoms with van der Waals surface area (Å²) in [6.07, 6.45) is 7.33. The minimum Gasteiger partial charge on any atom is -0.347 e. The van der Waals surface area contributed by atoms with E-state index in [1.54, 1.807) is 0 Å². The summed E-state index contributed by atoms with van der Waals surface area (Å²) >= 11 is 1.49. The molecule has 4 heteroatoms. The molecule has 0 saturated heterocycles. The average molecular weight is 252 g/mol. The Balaban J connectivity index is 1.95. The molecule has 0 spiro atoms. The van der Waals surface area contributed by atoms with E-state index in [4.69, 9.17) is 0 Å². The second-order valence-corrected chi connectivity index (χ2v) is 6.03. The van der Waals surface area contributed by atoms with E-state index in [0.717, 1.165) is 23.4 Å². The Bertz CT molecular complexity index is 373. The molecule has 1 N–H and O–H groups in total. The molecule has 1 fully saturated rings. The summed E-state index contributed by atoms with van der Waals surface area (Å²) in [6, 6.07) is 0.356. The highest BCUT2D eigenvalue weighted by Crippen LogP contribution is 2.19. The van der Waals surface area contributed by atoms with E-state index in [1.165, 1.54) is 37.0 Å². The molecule has 94 valence electrons. The molecule has 2 rings (SSSR count). The third kappa shape index (κ3) is 3.28. The van der Waals surface area contributed by atoms with Gasteiger partial charge < -0.3 is 5.32 Å². The molecule has 1 aliphatic carbocycles. The third-order valence-electron chi connectivity index (χ3n) is 3.41. The van der Waals surface area contributed by atoms with E-state index < -0.39 is 0 Å². The first-order valence-corrected chi connectivity index (χ1v) is 7.23.